The van der Waals surface area contributed by atoms with E-state index in [4.69, 9.17) is 27.9 Å². The molecule has 26 heavy (non-hydrogen) atoms. The molecule has 8 heteroatoms. The average Bonchev–Trinajstić information content (AvgIpc) is 2.63. The van der Waals surface area contributed by atoms with E-state index in [-0.39, 0.29) is 9.68 Å². The third-order valence-corrected chi connectivity index (χ3v) is 5.02. The number of hydrogen-bond acceptors (Lipinski definition) is 5. The van der Waals surface area contributed by atoms with E-state index < -0.39 is 11.5 Å². The zero-order valence-corrected chi connectivity index (χ0v) is 15.8. The van der Waals surface area contributed by atoms with Crippen LogP contribution in [-0.2, 0) is 4.74 Å². The molecule has 0 saturated heterocycles. The number of carbonyl (C=O) groups is 1. The fraction of sp³-hybridized carbons (Fsp3) is 0.0556. The minimum atomic E-state index is -0.617. The van der Waals surface area contributed by atoms with Crippen LogP contribution in [0.4, 0.5) is 5.69 Å². The summed E-state index contributed by atoms with van der Waals surface area (Å²) in [5, 5.41) is 0.796. The lowest BCUT2D eigenvalue weighted by Crippen LogP contribution is -2.31. The SMILES string of the molecule is COC(=O)c1cc(=O)n(-c2ccccc2Cl)c(=Nc2ccccc2Cl)s1. The monoisotopic (exact) mass is 406 g/mol. The van der Waals surface area contributed by atoms with Crippen LogP contribution in [0.25, 0.3) is 5.69 Å². The Balaban J connectivity index is 2.38. The molecule has 132 valence electrons. The number of para-hydroxylation sites is 2. The van der Waals surface area contributed by atoms with Crippen LogP contribution in [0.2, 0.25) is 10.0 Å². The van der Waals surface area contributed by atoms with Crippen molar-refractivity contribution in [2.75, 3.05) is 7.11 Å². The van der Waals surface area contributed by atoms with Crippen LogP contribution in [0.3, 0.4) is 0 Å². The predicted octanol–water partition coefficient (Wildman–Crippen LogP) is 4.22. The predicted molar refractivity (Wildman–Crippen MR) is 103 cm³/mol. The van der Waals surface area contributed by atoms with Crippen LogP contribution in [-0.4, -0.2) is 17.6 Å². The fourth-order valence-electron chi connectivity index (χ4n) is 2.22. The summed E-state index contributed by atoms with van der Waals surface area (Å²) in [6, 6.07) is 15.0. The number of ether oxygens (including phenoxy) is 1. The topological polar surface area (TPSA) is 60.7 Å². The normalized spacial score (nSPS) is 11.4. The van der Waals surface area contributed by atoms with Gasteiger partial charge >= 0.3 is 5.97 Å². The minimum absolute atomic E-state index is 0.131. The van der Waals surface area contributed by atoms with Crippen LogP contribution in [0.5, 0.6) is 0 Å². The maximum atomic E-state index is 12.7. The Morgan fingerprint density at radius 1 is 1.08 bits per heavy atom. The summed E-state index contributed by atoms with van der Waals surface area (Å²) in [6.07, 6.45) is 0. The molecule has 0 radical (unpaired) electrons. The lowest BCUT2D eigenvalue weighted by molar-refractivity contribution is 0.0606. The van der Waals surface area contributed by atoms with Crippen LogP contribution >= 0.6 is 34.5 Å². The maximum Gasteiger partial charge on any atom is 0.348 e. The van der Waals surface area contributed by atoms with E-state index in [1.54, 1.807) is 48.5 Å². The highest BCUT2D eigenvalue weighted by Gasteiger charge is 2.14. The molecule has 0 unspecified atom stereocenters. The number of methoxy groups -OCH3 is 1. The molecule has 3 aromatic rings. The molecule has 0 saturated carbocycles. The average molecular weight is 407 g/mol. The van der Waals surface area contributed by atoms with Gasteiger partial charge in [0.1, 0.15) is 4.88 Å². The minimum Gasteiger partial charge on any atom is -0.465 e. The number of carbonyl (C=O) groups excluding carboxylic acids is 1. The maximum absolute atomic E-state index is 12.7. The number of halogens is 2. The molecule has 0 bridgehead atoms. The van der Waals surface area contributed by atoms with Gasteiger partial charge in [0, 0.05) is 6.07 Å². The quantitative estimate of drug-likeness (QED) is 0.611. The van der Waals surface area contributed by atoms with Gasteiger partial charge in [0.05, 0.1) is 28.5 Å². The van der Waals surface area contributed by atoms with Crippen molar-refractivity contribution in [3.8, 4) is 5.69 Å². The zero-order valence-electron chi connectivity index (χ0n) is 13.5. The van der Waals surface area contributed by atoms with E-state index in [1.165, 1.54) is 17.7 Å². The van der Waals surface area contributed by atoms with Crippen LogP contribution in [0.1, 0.15) is 9.67 Å². The van der Waals surface area contributed by atoms with Gasteiger partial charge in [-0.1, -0.05) is 58.8 Å². The van der Waals surface area contributed by atoms with E-state index in [2.05, 4.69) is 4.99 Å². The molecule has 1 aromatic heterocycles. The lowest BCUT2D eigenvalue weighted by atomic mass is 10.3. The van der Waals surface area contributed by atoms with Crippen LogP contribution < -0.4 is 10.4 Å². The summed E-state index contributed by atoms with van der Waals surface area (Å²) in [5.74, 6) is -0.617. The first-order chi connectivity index (χ1) is 12.5. The Morgan fingerprint density at radius 3 is 2.38 bits per heavy atom. The molecule has 3 rings (SSSR count). The van der Waals surface area contributed by atoms with E-state index in [0.717, 1.165) is 11.3 Å². The van der Waals surface area contributed by atoms with Gasteiger partial charge in [-0.15, -0.1) is 0 Å². The smallest absolute Gasteiger partial charge is 0.348 e. The van der Waals surface area contributed by atoms with Crippen LogP contribution in [0, 0.1) is 0 Å². The van der Waals surface area contributed by atoms with E-state index >= 15 is 0 Å². The van der Waals surface area contributed by atoms with Gasteiger partial charge in [-0.25, -0.2) is 9.79 Å². The Morgan fingerprint density at radius 2 is 1.73 bits per heavy atom. The van der Waals surface area contributed by atoms with E-state index in [9.17, 15) is 9.59 Å². The molecule has 0 aliphatic heterocycles. The summed E-state index contributed by atoms with van der Waals surface area (Å²) >= 11 is 13.4. The van der Waals surface area contributed by atoms with Crippen molar-refractivity contribution in [2.24, 2.45) is 4.99 Å². The van der Waals surface area contributed by atoms with Gasteiger partial charge in [0.2, 0.25) is 0 Å². The van der Waals surface area contributed by atoms with Gasteiger partial charge in [-0.05, 0) is 24.3 Å². The number of rotatable bonds is 3. The molecular formula is C18H12Cl2N2O3S. The number of nitrogens with zero attached hydrogens (tertiary/aromatic N) is 2. The molecule has 1 heterocycles. The molecule has 5 nitrogen and oxygen atoms in total. The summed E-state index contributed by atoms with van der Waals surface area (Å²) in [6.45, 7) is 0. The molecule has 0 aliphatic carbocycles. The summed E-state index contributed by atoms with van der Waals surface area (Å²) in [4.78, 5) is 29.5. The summed E-state index contributed by atoms with van der Waals surface area (Å²) in [5.41, 5.74) is 0.466. The molecular weight excluding hydrogens is 395 g/mol. The Labute approximate surface area is 162 Å². The van der Waals surface area contributed by atoms with Crippen molar-refractivity contribution in [3.05, 3.63) is 84.7 Å². The van der Waals surface area contributed by atoms with Gasteiger partial charge in [0.25, 0.3) is 5.56 Å². The molecule has 0 amide bonds. The highest BCUT2D eigenvalue weighted by Crippen LogP contribution is 2.24. The molecule has 0 spiro atoms. The van der Waals surface area contributed by atoms with Crippen molar-refractivity contribution in [3.63, 3.8) is 0 Å². The number of aromatic nitrogens is 1. The van der Waals surface area contributed by atoms with Crippen molar-refractivity contribution >= 4 is 46.2 Å². The number of esters is 1. The largest absolute Gasteiger partial charge is 0.465 e. The number of benzene rings is 2. The van der Waals surface area contributed by atoms with Crippen molar-refractivity contribution < 1.29 is 9.53 Å². The van der Waals surface area contributed by atoms with E-state index in [0.29, 0.717) is 21.4 Å². The first-order valence-electron chi connectivity index (χ1n) is 7.41. The molecule has 0 aliphatic rings. The second-order valence-corrected chi connectivity index (χ2v) is 6.90. The third-order valence-electron chi connectivity index (χ3n) is 3.42. The van der Waals surface area contributed by atoms with Crippen LogP contribution in [0.15, 0.2) is 64.4 Å². The Bertz CT molecular complexity index is 1110. The lowest BCUT2D eigenvalue weighted by Gasteiger charge is -2.09. The van der Waals surface area contributed by atoms with Gasteiger partial charge in [-0.2, -0.15) is 0 Å². The Kier molecular flexibility index (Phi) is 5.56. The van der Waals surface area contributed by atoms with Gasteiger partial charge < -0.3 is 4.74 Å². The summed E-state index contributed by atoms with van der Waals surface area (Å²) < 4.78 is 6.06. The van der Waals surface area contributed by atoms with Gasteiger partial charge in [-0.3, -0.25) is 9.36 Å². The first-order valence-corrected chi connectivity index (χ1v) is 8.98. The second-order valence-electron chi connectivity index (χ2n) is 5.07. The molecule has 2 aromatic carbocycles. The second kappa shape index (κ2) is 7.86. The third kappa shape index (κ3) is 3.72. The molecule has 0 fully saturated rings. The van der Waals surface area contributed by atoms with Crippen molar-refractivity contribution in [1.82, 2.24) is 4.57 Å². The van der Waals surface area contributed by atoms with E-state index in [1.807, 2.05) is 0 Å². The Hall–Kier alpha value is -2.41. The van der Waals surface area contributed by atoms with Gasteiger partial charge in [0.15, 0.2) is 4.80 Å². The zero-order chi connectivity index (χ0) is 18.7. The van der Waals surface area contributed by atoms with Crippen molar-refractivity contribution in [2.45, 2.75) is 0 Å². The highest BCUT2D eigenvalue weighted by molar-refractivity contribution is 7.11. The first kappa shape index (κ1) is 18.4. The van der Waals surface area contributed by atoms with Crippen molar-refractivity contribution in [1.29, 1.82) is 0 Å². The number of hydrogen-bond donors (Lipinski definition) is 0. The summed E-state index contributed by atoms with van der Waals surface area (Å²) in [7, 11) is 1.25. The molecule has 0 atom stereocenters. The fourth-order valence-corrected chi connectivity index (χ4v) is 3.56. The molecule has 0 N–H and O–H groups in total. The standard InChI is InChI=1S/C18H12Cl2N2O3S/c1-25-17(24)15-10-16(23)22(14-9-5-3-7-12(14)20)18(26-15)21-13-8-4-2-6-11(13)19/h2-10H,1H3. The highest BCUT2D eigenvalue weighted by atomic mass is 35.5.